The molecule has 0 aliphatic carbocycles. The summed E-state index contributed by atoms with van der Waals surface area (Å²) in [5, 5.41) is 2.62. The van der Waals surface area contributed by atoms with Gasteiger partial charge in [-0.2, -0.15) is 0 Å². The van der Waals surface area contributed by atoms with Crippen LogP contribution in [0.5, 0.6) is 11.5 Å². The summed E-state index contributed by atoms with van der Waals surface area (Å²) in [6.07, 6.45) is 0.458. The summed E-state index contributed by atoms with van der Waals surface area (Å²) in [4.78, 5) is 23.8. The molecule has 1 N–H and O–H groups in total. The Hall–Kier alpha value is -2.29. The van der Waals surface area contributed by atoms with E-state index in [2.05, 4.69) is 5.32 Å². The molecular weight excluding hydrogens is 374 g/mol. The van der Waals surface area contributed by atoms with Crippen molar-refractivity contribution in [2.24, 2.45) is 5.92 Å². The number of carbonyl (C=O) groups excluding carboxylic acids is 2. The van der Waals surface area contributed by atoms with Crippen molar-refractivity contribution in [2.75, 3.05) is 36.6 Å². The molecule has 1 atom stereocenters. The molecule has 0 spiro atoms. The molecule has 0 bridgehead atoms. The minimum atomic E-state index is -3.04. The number of nitrogens with one attached hydrogen (secondary N) is 1. The summed E-state index contributed by atoms with van der Waals surface area (Å²) in [6, 6.07) is 4.99. The molecule has 0 radical (unpaired) electrons. The summed E-state index contributed by atoms with van der Waals surface area (Å²) in [5.41, 5.74) is 0.491. The first-order valence-electron chi connectivity index (χ1n) is 8.88. The number of hydrogen-bond acceptors (Lipinski definition) is 7. The normalized spacial score (nSPS) is 17.9. The molecule has 1 aliphatic heterocycles. The van der Waals surface area contributed by atoms with Crippen LogP contribution in [0, 0.1) is 5.92 Å². The van der Waals surface area contributed by atoms with Crippen LogP contribution >= 0.6 is 0 Å². The van der Waals surface area contributed by atoms with Crippen LogP contribution < -0.4 is 14.8 Å². The Morgan fingerprint density at radius 2 is 1.85 bits per heavy atom. The van der Waals surface area contributed by atoms with Crippen molar-refractivity contribution in [3.8, 4) is 11.5 Å². The number of amides is 1. The van der Waals surface area contributed by atoms with Gasteiger partial charge in [0.2, 0.25) is 0 Å². The maximum absolute atomic E-state index is 12.0. The molecule has 1 aromatic rings. The number of ether oxygens (including phenoxy) is 3. The fourth-order valence-electron chi connectivity index (χ4n) is 2.80. The fraction of sp³-hybridized carbons (Fsp3) is 0.556. The Balaban J connectivity index is 1.82. The number of sulfone groups is 1. The van der Waals surface area contributed by atoms with Crippen molar-refractivity contribution in [1.82, 2.24) is 0 Å². The predicted molar refractivity (Wildman–Crippen MR) is 99.7 cm³/mol. The maximum Gasteiger partial charge on any atom is 0.306 e. The number of esters is 1. The highest BCUT2D eigenvalue weighted by Gasteiger charge is 2.30. The third kappa shape index (κ3) is 6.74. The second-order valence-corrected chi connectivity index (χ2v) is 8.44. The van der Waals surface area contributed by atoms with Gasteiger partial charge in [0.05, 0.1) is 24.7 Å². The third-order valence-corrected chi connectivity index (χ3v) is 5.81. The standard InChI is InChI=1S/C18H25NO7S/c1-3-24-15-6-5-14(10-16(15)25-4-2)19-17(20)11-26-18(21)9-13-7-8-27(22,23)12-13/h5-6,10,13H,3-4,7-9,11-12H2,1-2H3,(H,19,20)/t13-/m0/s1. The van der Waals surface area contributed by atoms with E-state index >= 15 is 0 Å². The van der Waals surface area contributed by atoms with Crippen molar-refractivity contribution in [3.63, 3.8) is 0 Å². The minimum Gasteiger partial charge on any atom is -0.490 e. The van der Waals surface area contributed by atoms with E-state index < -0.39 is 28.3 Å². The fourth-order valence-corrected chi connectivity index (χ4v) is 4.66. The summed E-state index contributed by atoms with van der Waals surface area (Å²) in [5.74, 6) is -0.105. The van der Waals surface area contributed by atoms with E-state index in [4.69, 9.17) is 14.2 Å². The smallest absolute Gasteiger partial charge is 0.306 e. The van der Waals surface area contributed by atoms with E-state index in [0.717, 1.165) is 0 Å². The van der Waals surface area contributed by atoms with Crippen LogP contribution in [0.4, 0.5) is 5.69 Å². The summed E-state index contributed by atoms with van der Waals surface area (Å²) < 4.78 is 38.7. The molecule has 1 fully saturated rings. The van der Waals surface area contributed by atoms with Crippen molar-refractivity contribution < 1.29 is 32.2 Å². The van der Waals surface area contributed by atoms with Crippen molar-refractivity contribution in [1.29, 1.82) is 0 Å². The average Bonchev–Trinajstić information content (AvgIpc) is 2.94. The molecule has 8 nitrogen and oxygen atoms in total. The van der Waals surface area contributed by atoms with Crippen molar-refractivity contribution >= 4 is 27.4 Å². The van der Waals surface area contributed by atoms with E-state index in [0.29, 0.717) is 36.8 Å². The van der Waals surface area contributed by atoms with Gasteiger partial charge in [-0.1, -0.05) is 0 Å². The molecule has 2 rings (SSSR count). The largest absolute Gasteiger partial charge is 0.490 e. The zero-order valence-corrected chi connectivity index (χ0v) is 16.3. The first-order valence-corrected chi connectivity index (χ1v) is 10.7. The van der Waals surface area contributed by atoms with Gasteiger partial charge >= 0.3 is 5.97 Å². The zero-order valence-electron chi connectivity index (χ0n) is 15.5. The lowest BCUT2D eigenvalue weighted by Crippen LogP contribution is -2.22. The Labute approximate surface area is 159 Å². The lowest BCUT2D eigenvalue weighted by molar-refractivity contribution is -0.148. The molecule has 1 aromatic carbocycles. The van der Waals surface area contributed by atoms with Gasteiger partial charge in [0.1, 0.15) is 0 Å². The lowest BCUT2D eigenvalue weighted by Gasteiger charge is -2.13. The van der Waals surface area contributed by atoms with Gasteiger partial charge in [0, 0.05) is 18.2 Å². The number of rotatable bonds is 9. The highest BCUT2D eigenvalue weighted by Crippen LogP contribution is 2.30. The number of anilines is 1. The first-order chi connectivity index (χ1) is 12.8. The predicted octanol–water partition coefficient (Wildman–Crippen LogP) is 1.79. The molecule has 1 aliphatic rings. The minimum absolute atomic E-state index is 0.000676. The van der Waals surface area contributed by atoms with E-state index in [9.17, 15) is 18.0 Å². The van der Waals surface area contributed by atoms with Crippen LogP contribution in [0.3, 0.4) is 0 Å². The van der Waals surface area contributed by atoms with Crippen LogP contribution in [-0.2, 0) is 24.2 Å². The van der Waals surface area contributed by atoms with Gasteiger partial charge in [0.25, 0.3) is 5.91 Å². The topological polar surface area (TPSA) is 108 Å². The molecule has 0 saturated carbocycles. The first kappa shape index (κ1) is 21.0. The van der Waals surface area contributed by atoms with Gasteiger partial charge in [-0.05, 0) is 38.3 Å². The van der Waals surface area contributed by atoms with Crippen molar-refractivity contribution in [3.05, 3.63) is 18.2 Å². The second-order valence-electron chi connectivity index (χ2n) is 6.21. The lowest BCUT2D eigenvalue weighted by atomic mass is 10.1. The van der Waals surface area contributed by atoms with Gasteiger partial charge in [-0.3, -0.25) is 9.59 Å². The molecule has 1 heterocycles. The molecule has 150 valence electrons. The molecule has 0 aromatic heterocycles. The third-order valence-electron chi connectivity index (χ3n) is 3.97. The summed E-state index contributed by atoms with van der Waals surface area (Å²) in [6.45, 7) is 4.21. The van der Waals surface area contributed by atoms with Gasteiger partial charge < -0.3 is 19.5 Å². The summed E-state index contributed by atoms with van der Waals surface area (Å²) in [7, 11) is -3.04. The molecule has 27 heavy (non-hydrogen) atoms. The average molecular weight is 399 g/mol. The zero-order chi connectivity index (χ0) is 19.9. The maximum atomic E-state index is 12.0. The Morgan fingerprint density at radius 3 is 2.48 bits per heavy atom. The van der Waals surface area contributed by atoms with Crippen LogP contribution in [-0.4, -0.2) is 51.6 Å². The molecule has 0 unspecified atom stereocenters. The van der Waals surface area contributed by atoms with Crippen LogP contribution in [0.15, 0.2) is 18.2 Å². The number of hydrogen-bond donors (Lipinski definition) is 1. The van der Waals surface area contributed by atoms with Crippen LogP contribution in [0.2, 0.25) is 0 Å². The van der Waals surface area contributed by atoms with Crippen molar-refractivity contribution in [2.45, 2.75) is 26.7 Å². The second kappa shape index (κ2) is 9.59. The van der Waals surface area contributed by atoms with E-state index in [1.165, 1.54) is 0 Å². The highest BCUT2D eigenvalue weighted by atomic mass is 32.2. The molecule has 1 saturated heterocycles. The van der Waals surface area contributed by atoms with E-state index in [1.54, 1.807) is 18.2 Å². The Bertz CT molecular complexity index is 776. The number of carbonyl (C=O) groups is 2. The highest BCUT2D eigenvalue weighted by molar-refractivity contribution is 7.91. The van der Waals surface area contributed by atoms with Crippen LogP contribution in [0.25, 0.3) is 0 Å². The number of benzene rings is 1. The van der Waals surface area contributed by atoms with Gasteiger partial charge in [0.15, 0.2) is 27.9 Å². The molecule has 1 amide bonds. The SMILES string of the molecule is CCOc1ccc(NC(=O)COC(=O)C[C@@H]2CCS(=O)(=O)C2)cc1OCC. The van der Waals surface area contributed by atoms with Gasteiger partial charge in [-0.15, -0.1) is 0 Å². The Morgan fingerprint density at radius 1 is 1.15 bits per heavy atom. The van der Waals surface area contributed by atoms with E-state index in [1.807, 2.05) is 13.8 Å². The van der Waals surface area contributed by atoms with Gasteiger partial charge in [-0.25, -0.2) is 8.42 Å². The van der Waals surface area contributed by atoms with E-state index in [-0.39, 0.29) is 23.8 Å². The molecule has 9 heteroatoms. The van der Waals surface area contributed by atoms with Crippen LogP contribution in [0.1, 0.15) is 26.7 Å². The quantitative estimate of drug-likeness (QED) is 0.631. The molecular formula is C18H25NO7S. The Kier molecular flexibility index (Phi) is 7.46. The summed E-state index contributed by atoms with van der Waals surface area (Å²) >= 11 is 0. The monoisotopic (exact) mass is 399 g/mol.